The summed E-state index contributed by atoms with van der Waals surface area (Å²) in [6.45, 7) is 5.96. The number of nitrogens with zero attached hydrogens (tertiary/aromatic N) is 1. The summed E-state index contributed by atoms with van der Waals surface area (Å²) in [5, 5.41) is 4.90. The van der Waals surface area contributed by atoms with Crippen LogP contribution >= 0.6 is 23.2 Å². The van der Waals surface area contributed by atoms with Gasteiger partial charge in [-0.25, -0.2) is 0 Å². The van der Waals surface area contributed by atoms with Crippen LogP contribution in [0.3, 0.4) is 0 Å². The summed E-state index contributed by atoms with van der Waals surface area (Å²) in [4.78, 5) is 2.54. The molecule has 2 fully saturated rings. The lowest BCUT2D eigenvalue weighted by molar-refractivity contribution is 0.126. The summed E-state index contributed by atoms with van der Waals surface area (Å²) in [5.74, 6) is 0.733. The third kappa shape index (κ3) is 4.11. The van der Waals surface area contributed by atoms with E-state index < -0.39 is 0 Å². The van der Waals surface area contributed by atoms with Gasteiger partial charge in [-0.3, -0.25) is 4.90 Å². The van der Waals surface area contributed by atoms with Crippen molar-refractivity contribution in [3.8, 4) is 0 Å². The fourth-order valence-corrected chi connectivity index (χ4v) is 3.69. The van der Waals surface area contributed by atoms with Crippen molar-refractivity contribution >= 4 is 23.2 Å². The van der Waals surface area contributed by atoms with Crippen LogP contribution in [-0.2, 0) is 11.3 Å². The van der Waals surface area contributed by atoms with Gasteiger partial charge < -0.3 is 10.1 Å². The monoisotopic (exact) mass is 328 g/mol. The van der Waals surface area contributed by atoms with Crippen LogP contribution in [0.4, 0.5) is 0 Å². The van der Waals surface area contributed by atoms with Crippen molar-refractivity contribution in [2.75, 3.05) is 32.8 Å². The molecule has 0 bridgehead atoms. The first-order chi connectivity index (χ1) is 10.2. The number of rotatable bonds is 5. The molecule has 2 aliphatic heterocycles. The van der Waals surface area contributed by atoms with E-state index in [2.05, 4.69) is 10.2 Å². The van der Waals surface area contributed by atoms with Crippen LogP contribution in [-0.4, -0.2) is 43.8 Å². The molecule has 3 nitrogen and oxygen atoms in total. The maximum Gasteiger partial charge on any atom is 0.0622 e. The van der Waals surface area contributed by atoms with Gasteiger partial charge in [0.15, 0.2) is 0 Å². The molecule has 0 radical (unpaired) electrons. The fraction of sp³-hybridized carbons (Fsp3) is 0.625. The lowest BCUT2D eigenvalue weighted by atomic mass is 10.1. The van der Waals surface area contributed by atoms with Crippen LogP contribution in [0.25, 0.3) is 0 Å². The van der Waals surface area contributed by atoms with Gasteiger partial charge in [-0.2, -0.15) is 0 Å². The van der Waals surface area contributed by atoms with Gasteiger partial charge in [-0.05, 0) is 49.5 Å². The Balaban J connectivity index is 1.70. The Labute approximate surface area is 136 Å². The van der Waals surface area contributed by atoms with Crippen molar-refractivity contribution in [2.45, 2.75) is 25.4 Å². The highest BCUT2D eigenvalue weighted by Crippen LogP contribution is 2.25. The standard InChI is InChI=1S/C16H22Cl2N2O/c17-14-2-1-13(16(18)7-14)10-20(15-4-6-21-11-15)9-12-3-5-19-8-12/h1-2,7,12,15,19H,3-6,8-11H2/t12-,15?/m0/s1. The average molecular weight is 329 g/mol. The van der Waals surface area contributed by atoms with Crippen molar-refractivity contribution in [1.29, 1.82) is 0 Å². The fourth-order valence-electron chi connectivity index (χ4n) is 3.22. The smallest absolute Gasteiger partial charge is 0.0622 e. The molecule has 21 heavy (non-hydrogen) atoms. The van der Waals surface area contributed by atoms with Crippen LogP contribution in [0.15, 0.2) is 18.2 Å². The molecule has 3 rings (SSSR count). The maximum atomic E-state index is 6.34. The Kier molecular flexibility index (Phi) is 5.41. The second-order valence-electron chi connectivity index (χ2n) is 6.04. The van der Waals surface area contributed by atoms with Gasteiger partial charge in [0.05, 0.1) is 6.61 Å². The Bertz CT molecular complexity index is 471. The number of benzene rings is 1. The first kappa shape index (κ1) is 15.6. The zero-order chi connectivity index (χ0) is 14.7. The van der Waals surface area contributed by atoms with E-state index in [9.17, 15) is 0 Å². The maximum absolute atomic E-state index is 6.34. The van der Waals surface area contributed by atoms with Crippen LogP contribution in [0.2, 0.25) is 10.0 Å². The Hall–Kier alpha value is -0.320. The summed E-state index contributed by atoms with van der Waals surface area (Å²) in [6, 6.07) is 6.31. The highest BCUT2D eigenvalue weighted by atomic mass is 35.5. The molecule has 2 saturated heterocycles. The lowest BCUT2D eigenvalue weighted by Gasteiger charge is -2.30. The van der Waals surface area contributed by atoms with Gasteiger partial charge in [-0.1, -0.05) is 29.3 Å². The minimum atomic E-state index is 0.511. The van der Waals surface area contributed by atoms with Gasteiger partial charge in [0, 0.05) is 35.8 Å². The van der Waals surface area contributed by atoms with Gasteiger partial charge >= 0.3 is 0 Å². The third-order valence-electron chi connectivity index (χ3n) is 4.47. The molecule has 2 heterocycles. The lowest BCUT2D eigenvalue weighted by Crippen LogP contribution is -2.39. The van der Waals surface area contributed by atoms with Gasteiger partial charge in [0.1, 0.15) is 0 Å². The number of nitrogens with one attached hydrogen (secondary N) is 1. The quantitative estimate of drug-likeness (QED) is 0.898. The summed E-state index contributed by atoms with van der Waals surface area (Å²) in [6.07, 6.45) is 2.38. The number of hydrogen-bond donors (Lipinski definition) is 1. The molecule has 2 atom stereocenters. The van der Waals surface area contributed by atoms with E-state index in [0.29, 0.717) is 11.1 Å². The third-order valence-corrected chi connectivity index (χ3v) is 5.05. The van der Waals surface area contributed by atoms with E-state index >= 15 is 0 Å². The molecule has 0 saturated carbocycles. The van der Waals surface area contributed by atoms with Crippen molar-refractivity contribution in [3.05, 3.63) is 33.8 Å². The Morgan fingerprint density at radius 2 is 2.19 bits per heavy atom. The molecule has 0 aliphatic carbocycles. The molecule has 1 N–H and O–H groups in total. The molecule has 0 spiro atoms. The van der Waals surface area contributed by atoms with Gasteiger partial charge in [0.25, 0.3) is 0 Å². The van der Waals surface area contributed by atoms with Crippen LogP contribution < -0.4 is 5.32 Å². The molecular weight excluding hydrogens is 307 g/mol. The van der Waals surface area contributed by atoms with Crippen LogP contribution in [0, 0.1) is 5.92 Å². The molecule has 0 amide bonds. The second kappa shape index (κ2) is 7.30. The molecule has 1 aromatic rings. The topological polar surface area (TPSA) is 24.5 Å². The summed E-state index contributed by atoms with van der Waals surface area (Å²) < 4.78 is 5.58. The zero-order valence-corrected chi connectivity index (χ0v) is 13.7. The summed E-state index contributed by atoms with van der Waals surface area (Å²) in [7, 11) is 0. The number of halogens is 2. The van der Waals surface area contributed by atoms with E-state index in [0.717, 1.165) is 62.3 Å². The molecule has 5 heteroatoms. The van der Waals surface area contributed by atoms with Crippen molar-refractivity contribution in [1.82, 2.24) is 10.2 Å². The molecule has 116 valence electrons. The zero-order valence-electron chi connectivity index (χ0n) is 12.2. The molecular formula is C16H22Cl2N2O. The second-order valence-corrected chi connectivity index (χ2v) is 6.89. The largest absolute Gasteiger partial charge is 0.380 e. The first-order valence-corrected chi connectivity index (χ1v) is 8.44. The molecule has 2 aliphatic rings. The highest BCUT2D eigenvalue weighted by molar-refractivity contribution is 6.35. The van der Waals surface area contributed by atoms with E-state index in [1.165, 1.54) is 6.42 Å². The molecule has 1 unspecified atom stereocenters. The Morgan fingerprint density at radius 3 is 2.86 bits per heavy atom. The van der Waals surface area contributed by atoms with E-state index in [1.807, 2.05) is 18.2 Å². The van der Waals surface area contributed by atoms with Gasteiger partial charge in [0.2, 0.25) is 0 Å². The van der Waals surface area contributed by atoms with Crippen LogP contribution in [0.1, 0.15) is 18.4 Å². The van der Waals surface area contributed by atoms with Crippen molar-refractivity contribution < 1.29 is 4.74 Å². The highest BCUT2D eigenvalue weighted by Gasteiger charge is 2.27. The molecule has 1 aromatic carbocycles. The normalized spacial score (nSPS) is 25.9. The van der Waals surface area contributed by atoms with E-state index in [-0.39, 0.29) is 0 Å². The van der Waals surface area contributed by atoms with Crippen molar-refractivity contribution in [2.24, 2.45) is 5.92 Å². The average Bonchev–Trinajstić information content (AvgIpc) is 3.13. The summed E-state index contributed by atoms with van der Waals surface area (Å²) in [5.41, 5.74) is 1.15. The van der Waals surface area contributed by atoms with Crippen LogP contribution in [0.5, 0.6) is 0 Å². The SMILES string of the molecule is Clc1ccc(CN(C[C@H]2CCNC2)C2CCOC2)c(Cl)c1. The number of hydrogen-bond acceptors (Lipinski definition) is 3. The molecule has 0 aromatic heterocycles. The minimum Gasteiger partial charge on any atom is -0.380 e. The number of ether oxygens (including phenoxy) is 1. The predicted molar refractivity (Wildman–Crippen MR) is 87.1 cm³/mol. The summed E-state index contributed by atoms with van der Waals surface area (Å²) >= 11 is 12.3. The van der Waals surface area contributed by atoms with E-state index in [1.54, 1.807) is 0 Å². The first-order valence-electron chi connectivity index (χ1n) is 7.69. The van der Waals surface area contributed by atoms with E-state index in [4.69, 9.17) is 27.9 Å². The minimum absolute atomic E-state index is 0.511. The van der Waals surface area contributed by atoms with Crippen molar-refractivity contribution in [3.63, 3.8) is 0 Å². The van der Waals surface area contributed by atoms with Gasteiger partial charge in [-0.15, -0.1) is 0 Å². The predicted octanol–water partition coefficient (Wildman–Crippen LogP) is 3.19. The Morgan fingerprint density at radius 1 is 1.29 bits per heavy atom.